The van der Waals surface area contributed by atoms with Gasteiger partial charge in [-0.25, -0.2) is 0 Å². The molecule has 0 unspecified atom stereocenters. The fourth-order valence-electron chi connectivity index (χ4n) is 0.968. The number of hydrogen-bond donors (Lipinski definition) is 0. The van der Waals surface area contributed by atoms with Gasteiger partial charge < -0.3 is 8.83 Å². The van der Waals surface area contributed by atoms with Crippen LogP contribution in [0.15, 0.2) is 27.2 Å². The Bertz CT molecular complexity index is 376. The molecule has 0 aliphatic heterocycles. The van der Waals surface area contributed by atoms with Gasteiger partial charge in [0.15, 0.2) is 5.76 Å². The van der Waals surface area contributed by atoms with Crippen molar-refractivity contribution in [3.63, 3.8) is 0 Å². The zero-order chi connectivity index (χ0) is 9.26. The van der Waals surface area contributed by atoms with Gasteiger partial charge in [0.25, 0.3) is 5.89 Å². The van der Waals surface area contributed by atoms with Gasteiger partial charge in [-0.1, -0.05) is 13.8 Å². The van der Waals surface area contributed by atoms with Gasteiger partial charge in [-0.3, -0.25) is 0 Å². The van der Waals surface area contributed by atoms with E-state index in [9.17, 15) is 0 Å². The van der Waals surface area contributed by atoms with Crippen LogP contribution in [-0.2, 0) is 0 Å². The topological polar surface area (TPSA) is 52.1 Å². The van der Waals surface area contributed by atoms with Crippen LogP contribution in [0.4, 0.5) is 0 Å². The van der Waals surface area contributed by atoms with Crippen molar-refractivity contribution < 1.29 is 8.83 Å². The van der Waals surface area contributed by atoms with Crippen LogP contribution < -0.4 is 0 Å². The first-order valence-corrected chi connectivity index (χ1v) is 4.14. The first-order valence-electron chi connectivity index (χ1n) is 4.14. The average Bonchev–Trinajstić information content (AvgIpc) is 2.75. The fourth-order valence-corrected chi connectivity index (χ4v) is 0.968. The molecule has 13 heavy (non-hydrogen) atoms. The smallest absolute Gasteiger partial charge is 0.283 e. The minimum absolute atomic E-state index is 0.246. The molecule has 0 saturated carbocycles. The molecule has 4 nitrogen and oxygen atoms in total. The third-order valence-corrected chi connectivity index (χ3v) is 1.67. The van der Waals surface area contributed by atoms with Crippen molar-refractivity contribution >= 4 is 0 Å². The van der Waals surface area contributed by atoms with Crippen molar-refractivity contribution in [2.75, 3.05) is 0 Å². The molecule has 0 radical (unpaired) electrons. The van der Waals surface area contributed by atoms with E-state index in [1.165, 1.54) is 0 Å². The molecule has 0 fully saturated rings. The molecule has 2 heterocycles. The zero-order valence-electron chi connectivity index (χ0n) is 7.52. The Morgan fingerprint density at radius 3 is 2.69 bits per heavy atom. The third kappa shape index (κ3) is 1.47. The van der Waals surface area contributed by atoms with Crippen molar-refractivity contribution in [2.24, 2.45) is 0 Å². The van der Waals surface area contributed by atoms with Gasteiger partial charge in [-0.05, 0) is 12.1 Å². The molecule has 0 atom stereocenters. The maximum Gasteiger partial charge on any atom is 0.283 e. The molecule has 0 saturated heterocycles. The Morgan fingerprint density at radius 2 is 2.15 bits per heavy atom. The Hall–Kier alpha value is -1.58. The fraction of sp³-hybridized carbons (Fsp3) is 0.333. The van der Waals surface area contributed by atoms with E-state index < -0.39 is 0 Å². The lowest BCUT2D eigenvalue weighted by atomic mass is 10.2. The molecule has 0 bridgehead atoms. The summed E-state index contributed by atoms with van der Waals surface area (Å²) in [4.78, 5) is 0. The van der Waals surface area contributed by atoms with Crippen LogP contribution in [0.1, 0.15) is 25.7 Å². The van der Waals surface area contributed by atoms with Crippen LogP contribution in [0.5, 0.6) is 0 Å². The summed E-state index contributed by atoms with van der Waals surface area (Å²) in [6.45, 7) is 4.00. The third-order valence-electron chi connectivity index (χ3n) is 1.67. The molecule has 2 aromatic rings. The Balaban J connectivity index is 2.33. The van der Waals surface area contributed by atoms with Gasteiger partial charge in [-0.15, -0.1) is 10.2 Å². The summed E-state index contributed by atoms with van der Waals surface area (Å²) in [5.74, 6) is 1.93. The summed E-state index contributed by atoms with van der Waals surface area (Å²) in [5, 5.41) is 7.76. The summed E-state index contributed by atoms with van der Waals surface area (Å²) in [7, 11) is 0. The van der Waals surface area contributed by atoms with E-state index in [0.717, 1.165) is 0 Å². The van der Waals surface area contributed by atoms with Crippen LogP contribution in [0.2, 0.25) is 0 Å². The van der Waals surface area contributed by atoms with Gasteiger partial charge in [-0.2, -0.15) is 0 Å². The highest BCUT2D eigenvalue weighted by atomic mass is 16.4. The number of hydrogen-bond acceptors (Lipinski definition) is 4. The maximum atomic E-state index is 5.37. The maximum absolute atomic E-state index is 5.37. The second-order valence-electron chi connectivity index (χ2n) is 3.08. The SMILES string of the molecule is CC(C)c1nnc(-c2ccco2)o1. The van der Waals surface area contributed by atoms with Crippen LogP contribution in [-0.4, -0.2) is 10.2 Å². The molecule has 0 spiro atoms. The molecule has 2 rings (SSSR count). The second kappa shape index (κ2) is 3.05. The molecule has 68 valence electrons. The highest BCUT2D eigenvalue weighted by molar-refractivity contribution is 5.42. The minimum Gasteiger partial charge on any atom is -0.459 e. The van der Waals surface area contributed by atoms with Crippen molar-refractivity contribution in [1.29, 1.82) is 0 Å². The minimum atomic E-state index is 0.246. The lowest BCUT2D eigenvalue weighted by Crippen LogP contribution is -1.85. The van der Waals surface area contributed by atoms with E-state index in [-0.39, 0.29) is 5.92 Å². The summed E-state index contributed by atoms with van der Waals surface area (Å²) in [5.41, 5.74) is 0. The van der Waals surface area contributed by atoms with Crippen molar-refractivity contribution in [3.8, 4) is 11.7 Å². The van der Waals surface area contributed by atoms with Crippen LogP contribution in [0.25, 0.3) is 11.7 Å². The summed E-state index contributed by atoms with van der Waals surface area (Å²) >= 11 is 0. The first kappa shape index (κ1) is 8.04. The van der Waals surface area contributed by atoms with Gasteiger partial charge in [0, 0.05) is 5.92 Å². The number of aromatic nitrogens is 2. The van der Waals surface area contributed by atoms with E-state index in [1.807, 2.05) is 13.8 Å². The summed E-state index contributed by atoms with van der Waals surface area (Å²) in [6, 6.07) is 3.58. The first-order chi connectivity index (χ1) is 6.27. The predicted molar refractivity (Wildman–Crippen MR) is 46.1 cm³/mol. The van der Waals surface area contributed by atoms with Gasteiger partial charge >= 0.3 is 0 Å². The normalized spacial score (nSPS) is 11.0. The number of furan rings is 1. The van der Waals surface area contributed by atoms with Gasteiger partial charge in [0.05, 0.1) is 6.26 Å². The number of nitrogens with zero attached hydrogens (tertiary/aromatic N) is 2. The molecule has 0 aromatic carbocycles. The van der Waals surface area contributed by atoms with E-state index in [4.69, 9.17) is 8.83 Å². The molecule has 4 heteroatoms. The zero-order valence-corrected chi connectivity index (χ0v) is 7.52. The molecular weight excluding hydrogens is 168 g/mol. The van der Waals surface area contributed by atoms with Crippen molar-refractivity contribution in [2.45, 2.75) is 19.8 Å². The largest absolute Gasteiger partial charge is 0.459 e. The summed E-state index contributed by atoms with van der Waals surface area (Å²) < 4.78 is 10.5. The van der Waals surface area contributed by atoms with E-state index in [0.29, 0.717) is 17.5 Å². The van der Waals surface area contributed by atoms with E-state index >= 15 is 0 Å². The molecule has 0 aliphatic carbocycles. The highest BCUT2D eigenvalue weighted by Crippen LogP contribution is 2.20. The Labute approximate surface area is 75.6 Å². The van der Waals surface area contributed by atoms with Crippen LogP contribution >= 0.6 is 0 Å². The lowest BCUT2D eigenvalue weighted by molar-refractivity contribution is 0.462. The monoisotopic (exact) mass is 178 g/mol. The molecule has 0 amide bonds. The second-order valence-corrected chi connectivity index (χ2v) is 3.08. The standard InChI is InChI=1S/C9H10N2O2/c1-6(2)8-10-11-9(13-8)7-4-3-5-12-7/h3-6H,1-2H3. The lowest BCUT2D eigenvalue weighted by Gasteiger charge is -1.93. The average molecular weight is 178 g/mol. The van der Waals surface area contributed by atoms with Crippen molar-refractivity contribution in [1.82, 2.24) is 10.2 Å². The van der Waals surface area contributed by atoms with E-state index in [2.05, 4.69) is 10.2 Å². The molecule has 0 aliphatic rings. The van der Waals surface area contributed by atoms with Crippen LogP contribution in [0, 0.1) is 0 Å². The quantitative estimate of drug-likeness (QED) is 0.708. The number of rotatable bonds is 2. The molecule has 2 aromatic heterocycles. The Kier molecular flexibility index (Phi) is 1.88. The van der Waals surface area contributed by atoms with E-state index in [1.54, 1.807) is 18.4 Å². The van der Waals surface area contributed by atoms with Gasteiger partial charge in [0.2, 0.25) is 5.89 Å². The van der Waals surface area contributed by atoms with Crippen LogP contribution in [0.3, 0.4) is 0 Å². The van der Waals surface area contributed by atoms with Crippen molar-refractivity contribution in [3.05, 3.63) is 24.3 Å². The molecular formula is C9H10N2O2. The summed E-state index contributed by atoms with van der Waals surface area (Å²) in [6.07, 6.45) is 1.58. The Morgan fingerprint density at radius 1 is 1.31 bits per heavy atom. The highest BCUT2D eigenvalue weighted by Gasteiger charge is 2.12. The molecule has 0 N–H and O–H groups in total. The predicted octanol–water partition coefficient (Wildman–Crippen LogP) is 2.45. The van der Waals surface area contributed by atoms with Gasteiger partial charge in [0.1, 0.15) is 0 Å².